The van der Waals surface area contributed by atoms with Crippen LogP contribution in [-0.4, -0.2) is 33.1 Å². The summed E-state index contributed by atoms with van der Waals surface area (Å²) in [7, 11) is 0. The number of aliphatic hydroxyl groups is 3. The van der Waals surface area contributed by atoms with Crippen LogP contribution in [0.5, 0.6) is 0 Å². The Kier molecular flexibility index (Phi) is 8.06. The zero-order valence-electron chi connectivity index (χ0n) is 20.6. The standard InChI is InChI=1S/C29H44O3/c1-6-29(32,7-2)17-8-10-20(3)25-14-15-26-22(11-9-16-28(25,26)5)12-13-23-18-24(30)19-27(31)21(23)4/h8,12-14,17,20,24,26-27,30-32H,4,6-7,9-11,15-16,18-19H2,1-3,5H3/b17-8+,22-12+,23-13-/t20-,24+,26?,27-,28+/m0/s1. The van der Waals surface area contributed by atoms with Gasteiger partial charge in [-0.3, -0.25) is 0 Å². The van der Waals surface area contributed by atoms with Crippen LogP contribution >= 0.6 is 0 Å². The Morgan fingerprint density at radius 3 is 2.66 bits per heavy atom. The normalized spacial score (nSPS) is 34.9. The smallest absolute Gasteiger partial charge is 0.0822 e. The van der Waals surface area contributed by atoms with Crippen LogP contribution in [0, 0.1) is 17.3 Å². The van der Waals surface area contributed by atoms with Crippen molar-refractivity contribution in [1.82, 2.24) is 0 Å². The Hall–Kier alpha value is -1.42. The molecule has 2 fully saturated rings. The molecule has 0 saturated heterocycles. The van der Waals surface area contributed by atoms with Crippen molar-refractivity contribution in [3.63, 3.8) is 0 Å². The molecule has 0 amide bonds. The minimum Gasteiger partial charge on any atom is -0.393 e. The van der Waals surface area contributed by atoms with Crippen molar-refractivity contribution in [1.29, 1.82) is 0 Å². The summed E-state index contributed by atoms with van der Waals surface area (Å²) in [5, 5.41) is 30.7. The maximum atomic E-state index is 10.5. The first-order valence-electron chi connectivity index (χ1n) is 12.7. The van der Waals surface area contributed by atoms with E-state index in [-0.39, 0.29) is 5.41 Å². The molecule has 1 unspecified atom stereocenters. The Morgan fingerprint density at radius 2 is 1.97 bits per heavy atom. The molecule has 5 atom stereocenters. The van der Waals surface area contributed by atoms with Crippen LogP contribution in [0.25, 0.3) is 0 Å². The van der Waals surface area contributed by atoms with Crippen LogP contribution in [0.2, 0.25) is 0 Å². The van der Waals surface area contributed by atoms with Crippen LogP contribution in [0.4, 0.5) is 0 Å². The zero-order chi connectivity index (χ0) is 23.5. The first kappa shape index (κ1) is 25.2. The molecular weight excluding hydrogens is 396 g/mol. The number of rotatable bonds is 7. The second-order valence-corrected chi connectivity index (χ2v) is 10.6. The summed E-state index contributed by atoms with van der Waals surface area (Å²) in [6.45, 7) is 12.9. The molecule has 0 spiro atoms. The highest BCUT2D eigenvalue weighted by molar-refractivity contribution is 5.40. The molecule has 3 aliphatic carbocycles. The molecular formula is C29H44O3. The molecule has 2 saturated carbocycles. The molecule has 3 N–H and O–H groups in total. The van der Waals surface area contributed by atoms with Gasteiger partial charge in [-0.2, -0.15) is 0 Å². The minimum absolute atomic E-state index is 0.199. The molecule has 3 heteroatoms. The van der Waals surface area contributed by atoms with Crippen molar-refractivity contribution >= 4 is 0 Å². The van der Waals surface area contributed by atoms with Gasteiger partial charge in [0.25, 0.3) is 0 Å². The Morgan fingerprint density at radius 1 is 1.25 bits per heavy atom. The summed E-state index contributed by atoms with van der Waals surface area (Å²) in [6, 6.07) is 0. The molecule has 3 aliphatic rings. The average molecular weight is 441 g/mol. The van der Waals surface area contributed by atoms with Gasteiger partial charge in [0.15, 0.2) is 0 Å². The Bertz CT molecular complexity index is 810. The minimum atomic E-state index is -0.672. The second-order valence-electron chi connectivity index (χ2n) is 10.6. The van der Waals surface area contributed by atoms with Gasteiger partial charge in [0.1, 0.15) is 0 Å². The van der Waals surface area contributed by atoms with Gasteiger partial charge in [-0.15, -0.1) is 0 Å². The highest BCUT2D eigenvalue weighted by Gasteiger charge is 2.45. The summed E-state index contributed by atoms with van der Waals surface area (Å²) in [6.07, 6.45) is 18.0. The summed E-state index contributed by atoms with van der Waals surface area (Å²) in [5.74, 6) is 1.00. The molecule has 178 valence electrons. The first-order valence-corrected chi connectivity index (χ1v) is 12.7. The second kappa shape index (κ2) is 10.2. The Balaban J connectivity index is 1.73. The molecule has 0 aliphatic heterocycles. The van der Waals surface area contributed by atoms with Gasteiger partial charge in [-0.1, -0.05) is 75.8 Å². The third-order valence-corrected chi connectivity index (χ3v) is 8.55. The third kappa shape index (κ3) is 5.21. The van der Waals surface area contributed by atoms with Gasteiger partial charge >= 0.3 is 0 Å². The van der Waals surface area contributed by atoms with E-state index in [1.807, 2.05) is 19.9 Å². The lowest BCUT2D eigenvalue weighted by Crippen LogP contribution is -2.32. The maximum absolute atomic E-state index is 10.5. The zero-order valence-corrected chi connectivity index (χ0v) is 20.6. The molecule has 32 heavy (non-hydrogen) atoms. The van der Waals surface area contributed by atoms with E-state index in [1.165, 1.54) is 18.4 Å². The van der Waals surface area contributed by atoms with E-state index in [0.717, 1.165) is 43.3 Å². The highest BCUT2D eigenvalue weighted by Crippen LogP contribution is 2.57. The van der Waals surface area contributed by atoms with E-state index >= 15 is 0 Å². The van der Waals surface area contributed by atoms with Crippen LogP contribution in [0.3, 0.4) is 0 Å². The van der Waals surface area contributed by atoms with Gasteiger partial charge in [0, 0.05) is 6.42 Å². The predicted octanol–water partition coefficient (Wildman–Crippen LogP) is 6.18. The summed E-state index contributed by atoms with van der Waals surface area (Å²) in [5.41, 5.74) is 4.35. The summed E-state index contributed by atoms with van der Waals surface area (Å²) in [4.78, 5) is 0. The van der Waals surface area contributed by atoms with Crippen LogP contribution in [-0.2, 0) is 0 Å². The van der Waals surface area contributed by atoms with Crippen molar-refractivity contribution in [3.8, 4) is 0 Å². The molecule has 0 bridgehead atoms. The number of aliphatic hydroxyl groups excluding tert-OH is 2. The summed E-state index contributed by atoms with van der Waals surface area (Å²) < 4.78 is 0. The maximum Gasteiger partial charge on any atom is 0.0822 e. The predicted molar refractivity (Wildman–Crippen MR) is 133 cm³/mol. The van der Waals surface area contributed by atoms with Crippen molar-refractivity contribution in [3.05, 3.63) is 59.3 Å². The molecule has 0 heterocycles. The third-order valence-electron chi connectivity index (χ3n) is 8.55. The number of hydrogen-bond donors (Lipinski definition) is 3. The lowest BCUT2D eigenvalue weighted by atomic mass is 9.62. The van der Waals surface area contributed by atoms with Crippen molar-refractivity contribution in [2.45, 2.75) is 103 Å². The number of allylic oxidation sites excluding steroid dienone is 6. The van der Waals surface area contributed by atoms with Gasteiger partial charge < -0.3 is 15.3 Å². The molecule has 3 rings (SSSR count). The average Bonchev–Trinajstić information content (AvgIpc) is 3.12. The van der Waals surface area contributed by atoms with Crippen molar-refractivity contribution in [2.75, 3.05) is 0 Å². The van der Waals surface area contributed by atoms with Crippen LogP contribution in [0.1, 0.15) is 85.5 Å². The topological polar surface area (TPSA) is 60.7 Å². The molecule has 0 radical (unpaired) electrons. The number of hydrogen-bond acceptors (Lipinski definition) is 3. The van der Waals surface area contributed by atoms with Gasteiger partial charge in [-0.25, -0.2) is 0 Å². The van der Waals surface area contributed by atoms with Crippen molar-refractivity contribution < 1.29 is 15.3 Å². The SMILES string of the molecule is C=C1/C(=C\C=C2/CCC[C@]3(C)C([C@@H](C)C/C=C/C(O)(CC)CC)=CCC23)C[C@@H](O)C[C@@H]1O. The molecule has 0 aromatic carbocycles. The van der Waals surface area contributed by atoms with Gasteiger partial charge in [0.2, 0.25) is 0 Å². The lowest BCUT2D eigenvalue weighted by Gasteiger charge is -2.42. The van der Waals surface area contributed by atoms with E-state index in [4.69, 9.17) is 0 Å². The fraction of sp³-hybridized carbons (Fsp3) is 0.655. The molecule has 3 nitrogen and oxygen atoms in total. The van der Waals surface area contributed by atoms with E-state index in [1.54, 1.807) is 5.57 Å². The molecule has 0 aromatic heterocycles. The van der Waals surface area contributed by atoms with E-state index in [9.17, 15) is 15.3 Å². The molecule has 0 aromatic rings. The lowest BCUT2D eigenvalue weighted by molar-refractivity contribution is 0.0823. The first-order chi connectivity index (χ1) is 15.1. The quantitative estimate of drug-likeness (QED) is 0.414. The van der Waals surface area contributed by atoms with Crippen LogP contribution in [0.15, 0.2) is 59.3 Å². The fourth-order valence-electron chi connectivity index (χ4n) is 6.19. The van der Waals surface area contributed by atoms with E-state index < -0.39 is 17.8 Å². The van der Waals surface area contributed by atoms with Gasteiger partial charge in [-0.05, 0) is 79.8 Å². The summed E-state index contributed by atoms with van der Waals surface area (Å²) >= 11 is 0. The highest BCUT2D eigenvalue weighted by atomic mass is 16.3. The largest absolute Gasteiger partial charge is 0.393 e. The fourth-order valence-corrected chi connectivity index (χ4v) is 6.19. The van der Waals surface area contributed by atoms with Gasteiger partial charge in [0.05, 0.1) is 17.8 Å². The van der Waals surface area contributed by atoms with Crippen LogP contribution < -0.4 is 0 Å². The van der Waals surface area contributed by atoms with E-state index in [0.29, 0.717) is 24.7 Å². The van der Waals surface area contributed by atoms with E-state index in [2.05, 4.69) is 44.7 Å². The Labute approximate surface area is 195 Å². The van der Waals surface area contributed by atoms with Crippen molar-refractivity contribution in [2.24, 2.45) is 17.3 Å². The number of fused-ring (bicyclic) bond motifs is 1. The monoisotopic (exact) mass is 440 g/mol.